The molecule has 0 aliphatic heterocycles. The minimum atomic E-state index is 0.862. The largest absolute Gasteiger partial charge is 0.348 e. The van der Waals surface area contributed by atoms with E-state index >= 15 is 0 Å². The van der Waals surface area contributed by atoms with Crippen LogP contribution in [0.5, 0.6) is 0 Å². The van der Waals surface area contributed by atoms with Crippen LogP contribution in [-0.4, -0.2) is 15.0 Å². The quantitative estimate of drug-likeness (QED) is 0.767. The number of imidazole rings is 1. The molecule has 0 bridgehead atoms. The van der Waals surface area contributed by atoms with E-state index < -0.39 is 0 Å². The molecule has 0 aliphatic rings. The van der Waals surface area contributed by atoms with Crippen LogP contribution in [0.25, 0.3) is 0 Å². The molecule has 0 fully saturated rings. The summed E-state index contributed by atoms with van der Waals surface area (Å²) in [6.45, 7) is 0. The number of aromatic amines is 1. The number of nitrogens with one attached hydrogen (secondary N) is 1. The van der Waals surface area contributed by atoms with E-state index in [4.69, 9.17) is 0 Å². The SMILES string of the molecule is c1c[nH]c(CSc2nccs2)n1. The lowest BCUT2D eigenvalue weighted by Crippen LogP contribution is -1.81. The zero-order valence-electron chi connectivity index (χ0n) is 6.23. The Morgan fingerprint density at radius 3 is 3.08 bits per heavy atom. The summed E-state index contributed by atoms with van der Waals surface area (Å²) >= 11 is 3.35. The van der Waals surface area contributed by atoms with Crippen molar-refractivity contribution in [2.24, 2.45) is 0 Å². The van der Waals surface area contributed by atoms with Crippen molar-refractivity contribution in [1.29, 1.82) is 0 Å². The van der Waals surface area contributed by atoms with Gasteiger partial charge in [-0.2, -0.15) is 0 Å². The second-order valence-electron chi connectivity index (χ2n) is 2.12. The molecule has 2 aromatic rings. The molecule has 1 N–H and O–H groups in total. The first kappa shape index (κ1) is 7.82. The van der Waals surface area contributed by atoms with E-state index in [9.17, 15) is 0 Å². The first-order chi connectivity index (χ1) is 5.95. The number of aromatic nitrogens is 3. The highest BCUT2D eigenvalue weighted by molar-refractivity contribution is 8.00. The summed E-state index contributed by atoms with van der Waals surface area (Å²) in [4.78, 5) is 11.3. The van der Waals surface area contributed by atoms with Gasteiger partial charge in [-0.05, 0) is 0 Å². The Hall–Kier alpha value is -0.810. The van der Waals surface area contributed by atoms with Crippen LogP contribution in [0.3, 0.4) is 0 Å². The molecule has 0 spiro atoms. The fraction of sp³-hybridized carbons (Fsp3) is 0.143. The molecule has 0 saturated heterocycles. The second kappa shape index (κ2) is 3.73. The van der Waals surface area contributed by atoms with Crippen molar-refractivity contribution in [3.8, 4) is 0 Å². The molecule has 5 heteroatoms. The fourth-order valence-electron chi connectivity index (χ4n) is 0.789. The Morgan fingerprint density at radius 1 is 1.42 bits per heavy atom. The van der Waals surface area contributed by atoms with Crippen molar-refractivity contribution in [3.05, 3.63) is 29.8 Å². The third-order valence-corrected chi connectivity index (χ3v) is 3.27. The highest BCUT2D eigenvalue weighted by Crippen LogP contribution is 2.22. The van der Waals surface area contributed by atoms with Crippen molar-refractivity contribution >= 4 is 23.1 Å². The maximum absolute atomic E-state index is 4.16. The van der Waals surface area contributed by atoms with Crippen molar-refractivity contribution in [2.75, 3.05) is 0 Å². The normalized spacial score (nSPS) is 10.3. The third-order valence-electron chi connectivity index (χ3n) is 1.30. The van der Waals surface area contributed by atoms with Crippen molar-refractivity contribution in [2.45, 2.75) is 10.1 Å². The Balaban J connectivity index is 1.91. The van der Waals surface area contributed by atoms with Gasteiger partial charge < -0.3 is 4.98 Å². The van der Waals surface area contributed by atoms with E-state index in [0.29, 0.717) is 0 Å². The van der Waals surface area contributed by atoms with Crippen molar-refractivity contribution in [3.63, 3.8) is 0 Å². The maximum atomic E-state index is 4.16. The van der Waals surface area contributed by atoms with E-state index in [1.807, 2.05) is 17.8 Å². The van der Waals surface area contributed by atoms with Gasteiger partial charge in [0.25, 0.3) is 0 Å². The minimum Gasteiger partial charge on any atom is -0.348 e. The standard InChI is InChI=1S/C7H7N3S2/c1-2-9-6(8-1)5-12-7-10-3-4-11-7/h1-4H,5H2,(H,8,9). The number of hydrogen-bond donors (Lipinski definition) is 1. The Labute approximate surface area is 78.3 Å². The van der Waals surface area contributed by atoms with Crippen LogP contribution in [-0.2, 0) is 5.75 Å². The maximum Gasteiger partial charge on any atom is 0.150 e. The van der Waals surface area contributed by atoms with Gasteiger partial charge in [-0.25, -0.2) is 9.97 Å². The smallest absolute Gasteiger partial charge is 0.150 e. The molecule has 0 aliphatic carbocycles. The topological polar surface area (TPSA) is 41.6 Å². The number of thiazole rings is 1. The van der Waals surface area contributed by atoms with E-state index in [1.165, 1.54) is 0 Å². The number of nitrogens with zero attached hydrogens (tertiary/aromatic N) is 2. The molecule has 0 atom stereocenters. The van der Waals surface area contributed by atoms with E-state index in [2.05, 4.69) is 15.0 Å². The van der Waals surface area contributed by atoms with Gasteiger partial charge in [0.05, 0.1) is 5.75 Å². The highest BCUT2D eigenvalue weighted by atomic mass is 32.2. The Kier molecular flexibility index (Phi) is 2.43. The molecule has 3 nitrogen and oxygen atoms in total. The van der Waals surface area contributed by atoms with Gasteiger partial charge in [0.1, 0.15) is 10.2 Å². The summed E-state index contributed by atoms with van der Waals surface area (Å²) < 4.78 is 1.09. The van der Waals surface area contributed by atoms with Gasteiger partial charge in [-0.3, -0.25) is 0 Å². The third kappa shape index (κ3) is 1.86. The minimum absolute atomic E-state index is 0.862. The molecule has 2 aromatic heterocycles. The average Bonchev–Trinajstić information content (AvgIpc) is 2.74. The Bertz CT molecular complexity index is 280. The number of thioether (sulfide) groups is 1. The van der Waals surface area contributed by atoms with Crippen LogP contribution < -0.4 is 0 Å². The highest BCUT2D eigenvalue weighted by Gasteiger charge is 1.98. The summed E-state index contributed by atoms with van der Waals surface area (Å²) in [5.74, 6) is 1.86. The zero-order chi connectivity index (χ0) is 8.23. The lowest BCUT2D eigenvalue weighted by Gasteiger charge is -1.91. The summed E-state index contributed by atoms with van der Waals surface area (Å²) in [6.07, 6.45) is 5.41. The van der Waals surface area contributed by atoms with Crippen LogP contribution in [0.2, 0.25) is 0 Å². The van der Waals surface area contributed by atoms with Crippen molar-refractivity contribution < 1.29 is 0 Å². The first-order valence-corrected chi connectivity index (χ1v) is 5.32. The molecule has 0 aromatic carbocycles. The van der Waals surface area contributed by atoms with Gasteiger partial charge in [0.15, 0.2) is 0 Å². The predicted octanol–water partition coefficient (Wildman–Crippen LogP) is 2.16. The average molecular weight is 197 g/mol. The molecule has 0 amide bonds. The van der Waals surface area contributed by atoms with Crippen LogP contribution in [0.4, 0.5) is 0 Å². The number of rotatable bonds is 3. The molecule has 0 unspecified atom stereocenters. The summed E-state index contributed by atoms with van der Waals surface area (Å²) in [6, 6.07) is 0. The van der Waals surface area contributed by atoms with Gasteiger partial charge in [-0.1, -0.05) is 11.8 Å². The number of hydrogen-bond acceptors (Lipinski definition) is 4. The molecule has 62 valence electrons. The lowest BCUT2D eigenvalue weighted by atomic mass is 10.7. The van der Waals surface area contributed by atoms with E-state index in [-0.39, 0.29) is 0 Å². The van der Waals surface area contributed by atoms with Gasteiger partial charge in [0.2, 0.25) is 0 Å². The lowest BCUT2D eigenvalue weighted by molar-refractivity contribution is 1.12. The van der Waals surface area contributed by atoms with Crippen LogP contribution in [0, 0.1) is 0 Å². The van der Waals surface area contributed by atoms with Gasteiger partial charge >= 0.3 is 0 Å². The Morgan fingerprint density at radius 2 is 2.42 bits per heavy atom. The van der Waals surface area contributed by atoms with E-state index in [1.54, 1.807) is 29.3 Å². The monoisotopic (exact) mass is 197 g/mol. The molecular weight excluding hydrogens is 190 g/mol. The van der Waals surface area contributed by atoms with Gasteiger partial charge in [-0.15, -0.1) is 11.3 Å². The fourth-order valence-corrected chi connectivity index (χ4v) is 2.32. The molecule has 2 rings (SSSR count). The van der Waals surface area contributed by atoms with Crippen molar-refractivity contribution in [1.82, 2.24) is 15.0 Å². The van der Waals surface area contributed by atoms with E-state index in [0.717, 1.165) is 15.9 Å². The zero-order valence-corrected chi connectivity index (χ0v) is 7.86. The molecule has 12 heavy (non-hydrogen) atoms. The molecular formula is C7H7N3S2. The van der Waals surface area contributed by atoms with Gasteiger partial charge in [0, 0.05) is 24.0 Å². The predicted molar refractivity (Wildman–Crippen MR) is 50.3 cm³/mol. The molecule has 2 heterocycles. The van der Waals surface area contributed by atoms with Crippen LogP contribution >= 0.6 is 23.1 Å². The number of H-pyrrole nitrogens is 1. The summed E-state index contributed by atoms with van der Waals surface area (Å²) in [7, 11) is 0. The van der Waals surface area contributed by atoms with Crippen LogP contribution in [0.1, 0.15) is 5.82 Å². The summed E-state index contributed by atoms with van der Waals surface area (Å²) in [5.41, 5.74) is 0. The first-order valence-electron chi connectivity index (χ1n) is 3.46. The second-order valence-corrected chi connectivity index (χ2v) is 4.24. The molecule has 0 radical (unpaired) electrons. The van der Waals surface area contributed by atoms with Crippen LogP contribution in [0.15, 0.2) is 28.3 Å². The molecule has 0 saturated carbocycles. The summed E-state index contributed by atoms with van der Waals surface area (Å²) in [5, 5.41) is 1.98.